The van der Waals surface area contributed by atoms with Gasteiger partial charge >= 0.3 is 0 Å². The van der Waals surface area contributed by atoms with Gasteiger partial charge in [0.2, 0.25) is 5.91 Å². The number of nitrogens with one attached hydrogen (secondary N) is 1. The number of benzene rings is 3. The van der Waals surface area contributed by atoms with E-state index in [0.717, 1.165) is 34.8 Å². The number of rotatable bonds is 6. The van der Waals surface area contributed by atoms with Crippen molar-refractivity contribution in [1.82, 2.24) is 14.9 Å². The molecule has 0 radical (unpaired) electrons. The molecule has 5 nitrogen and oxygen atoms in total. The molecule has 1 amide bonds. The van der Waals surface area contributed by atoms with E-state index in [9.17, 15) is 4.79 Å². The van der Waals surface area contributed by atoms with Crippen LogP contribution in [0.2, 0.25) is 0 Å². The second-order valence-corrected chi connectivity index (χ2v) is 10.4. The zero-order chi connectivity index (χ0) is 25.1. The molecule has 0 fully saturated rings. The van der Waals surface area contributed by atoms with Crippen LogP contribution in [0, 0.1) is 0 Å². The number of aromatic amines is 1. The first-order valence-electron chi connectivity index (χ1n) is 12.6. The molecule has 5 heteroatoms. The first-order valence-corrected chi connectivity index (χ1v) is 12.6. The summed E-state index contributed by atoms with van der Waals surface area (Å²) in [7, 11) is 0. The van der Waals surface area contributed by atoms with E-state index in [4.69, 9.17) is 9.72 Å². The van der Waals surface area contributed by atoms with Crippen LogP contribution in [-0.4, -0.2) is 26.4 Å². The van der Waals surface area contributed by atoms with E-state index in [0.29, 0.717) is 19.4 Å². The number of nitrogens with zero attached hydrogens (tertiary/aromatic N) is 2. The van der Waals surface area contributed by atoms with Crippen molar-refractivity contribution in [3.63, 3.8) is 0 Å². The molecule has 1 aliphatic heterocycles. The fourth-order valence-electron chi connectivity index (χ4n) is 4.77. The van der Waals surface area contributed by atoms with Crippen LogP contribution in [-0.2, 0) is 24.2 Å². The summed E-state index contributed by atoms with van der Waals surface area (Å²) in [6.07, 6.45) is 3.76. The minimum absolute atomic E-state index is 0.118. The molecular formula is C31H33N3O2. The quantitative estimate of drug-likeness (QED) is 0.343. The molecule has 5 rings (SSSR count). The molecular weight excluding hydrogens is 446 g/mol. The van der Waals surface area contributed by atoms with Gasteiger partial charge in [0.25, 0.3) is 0 Å². The fraction of sp³-hybridized carbons (Fsp3) is 0.290. The molecule has 4 aromatic rings. The van der Waals surface area contributed by atoms with Crippen molar-refractivity contribution in [3.8, 4) is 17.0 Å². The van der Waals surface area contributed by atoms with Gasteiger partial charge < -0.3 is 14.6 Å². The lowest BCUT2D eigenvalue weighted by Gasteiger charge is -2.36. The number of aromatic nitrogens is 2. The van der Waals surface area contributed by atoms with Crippen LogP contribution in [0.5, 0.6) is 5.75 Å². The third-order valence-electron chi connectivity index (χ3n) is 6.54. The fourth-order valence-corrected chi connectivity index (χ4v) is 4.77. The topological polar surface area (TPSA) is 58.2 Å². The first kappa shape index (κ1) is 23.9. The lowest BCUT2D eigenvalue weighted by atomic mass is 9.93. The standard InChI is InChI=1S/C31H33N3O2/c1-31(2,3)36-26-16-13-22(14-17-26)15-18-29(35)34-21-25-12-8-7-11-24(25)19-28(34)30-32-20-27(33-30)23-9-5-4-6-10-23/h4-14,16-17,20,28H,15,18-19,21H2,1-3H3,(H,32,33). The number of imidazole rings is 1. The van der Waals surface area contributed by atoms with Gasteiger partial charge in [-0.1, -0.05) is 66.7 Å². The molecule has 0 bridgehead atoms. The van der Waals surface area contributed by atoms with E-state index in [1.807, 2.05) is 68.3 Å². The van der Waals surface area contributed by atoms with Gasteiger partial charge in [-0.25, -0.2) is 4.98 Å². The maximum atomic E-state index is 13.6. The molecule has 1 N–H and O–H groups in total. The second kappa shape index (κ2) is 10.0. The summed E-state index contributed by atoms with van der Waals surface area (Å²) in [6, 6.07) is 26.5. The highest BCUT2D eigenvalue weighted by Gasteiger charge is 2.32. The summed E-state index contributed by atoms with van der Waals surface area (Å²) in [5, 5.41) is 0. The van der Waals surface area contributed by atoms with Crippen LogP contribution < -0.4 is 4.74 Å². The largest absolute Gasteiger partial charge is 0.488 e. The van der Waals surface area contributed by atoms with Crippen molar-refractivity contribution in [1.29, 1.82) is 0 Å². The molecule has 3 aromatic carbocycles. The maximum Gasteiger partial charge on any atom is 0.223 e. The number of fused-ring (bicyclic) bond motifs is 1. The molecule has 0 spiro atoms. The molecule has 1 aliphatic rings. The molecule has 0 aliphatic carbocycles. The van der Waals surface area contributed by atoms with E-state index in [1.54, 1.807) is 0 Å². The minimum atomic E-state index is -0.233. The van der Waals surface area contributed by atoms with Crippen molar-refractivity contribution in [3.05, 3.63) is 108 Å². The molecule has 1 aromatic heterocycles. The third-order valence-corrected chi connectivity index (χ3v) is 6.54. The Kier molecular flexibility index (Phi) is 6.64. The van der Waals surface area contributed by atoms with Crippen molar-refractivity contribution in [2.45, 2.75) is 58.2 Å². The van der Waals surface area contributed by atoms with Crippen LogP contribution in [0.25, 0.3) is 11.3 Å². The molecule has 0 saturated carbocycles. The van der Waals surface area contributed by atoms with Gasteiger partial charge in [-0.05, 0) is 61.6 Å². The highest BCUT2D eigenvalue weighted by atomic mass is 16.5. The Morgan fingerprint density at radius 2 is 1.67 bits per heavy atom. The summed E-state index contributed by atoms with van der Waals surface area (Å²) in [5.74, 6) is 1.82. The molecule has 1 atom stereocenters. The van der Waals surface area contributed by atoms with Gasteiger partial charge in [0, 0.05) is 19.4 Å². The lowest BCUT2D eigenvalue weighted by molar-refractivity contribution is -0.135. The first-order chi connectivity index (χ1) is 17.4. The monoisotopic (exact) mass is 479 g/mol. The number of amides is 1. The SMILES string of the molecule is CC(C)(C)Oc1ccc(CCC(=O)N2Cc3ccccc3CC2c2ncc(-c3ccccc3)[nH]2)cc1. The van der Waals surface area contributed by atoms with Crippen LogP contribution in [0.4, 0.5) is 0 Å². The van der Waals surface area contributed by atoms with Crippen LogP contribution in [0.15, 0.2) is 85.1 Å². The summed E-state index contributed by atoms with van der Waals surface area (Å²) >= 11 is 0. The predicted octanol–water partition coefficient (Wildman–Crippen LogP) is 6.51. The Labute approximate surface area is 213 Å². The zero-order valence-electron chi connectivity index (χ0n) is 21.2. The van der Waals surface area contributed by atoms with Crippen LogP contribution in [0.3, 0.4) is 0 Å². The summed E-state index contributed by atoms with van der Waals surface area (Å²) in [5.41, 5.74) is 5.43. The Hall–Kier alpha value is -3.86. The number of hydrogen-bond acceptors (Lipinski definition) is 3. The van der Waals surface area contributed by atoms with Gasteiger partial charge in [-0.2, -0.15) is 0 Å². The predicted molar refractivity (Wildman–Crippen MR) is 143 cm³/mol. The molecule has 2 heterocycles. The maximum absolute atomic E-state index is 13.6. The van der Waals surface area contributed by atoms with E-state index < -0.39 is 0 Å². The van der Waals surface area contributed by atoms with E-state index in [-0.39, 0.29) is 17.6 Å². The smallest absolute Gasteiger partial charge is 0.223 e. The van der Waals surface area contributed by atoms with Crippen molar-refractivity contribution in [2.24, 2.45) is 0 Å². The van der Waals surface area contributed by atoms with Crippen LogP contribution in [0.1, 0.15) is 55.7 Å². The summed E-state index contributed by atoms with van der Waals surface area (Å²) < 4.78 is 5.92. The zero-order valence-corrected chi connectivity index (χ0v) is 21.2. The Morgan fingerprint density at radius 3 is 2.39 bits per heavy atom. The normalized spacial score (nSPS) is 15.4. The Bertz CT molecular complexity index is 1320. The minimum Gasteiger partial charge on any atom is -0.488 e. The Morgan fingerprint density at radius 1 is 0.972 bits per heavy atom. The third kappa shape index (κ3) is 5.51. The number of ether oxygens (including phenoxy) is 1. The van der Waals surface area contributed by atoms with Crippen molar-refractivity contribution >= 4 is 5.91 Å². The second-order valence-electron chi connectivity index (χ2n) is 10.4. The van der Waals surface area contributed by atoms with E-state index in [2.05, 4.69) is 47.4 Å². The number of carbonyl (C=O) groups excluding carboxylic acids is 1. The van der Waals surface area contributed by atoms with Gasteiger partial charge in [0.1, 0.15) is 17.2 Å². The Balaban J connectivity index is 1.33. The average Bonchev–Trinajstić information content (AvgIpc) is 3.37. The number of carbonyl (C=O) groups is 1. The molecule has 184 valence electrons. The molecule has 36 heavy (non-hydrogen) atoms. The highest BCUT2D eigenvalue weighted by Crippen LogP contribution is 2.33. The summed E-state index contributed by atoms with van der Waals surface area (Å²) in [6.45, 7) is 6.71. The van der Waals surface area contributed by atoms with Crippen molar-refractivity contribution in [2.75, 3.05) is 0 Å². The van der Waals surface area contributed by atoms with Gasteiger partial charge in [-0.15, -0.1) is 0 Å². The van der Waals surface area contributed by atoms with Gasteiger partial charge in [0.05, 0.1) is 17.9 Å². The molecule has 0 saturated heterocycles. The average molecular weight is 480 g/mol. The number of H-pyrrole nitrogens is 1. The van der Waals surface area contributed by atoms with Crippen molar-refractivity contribution < 1.29 is 9.53 Å². The van der Waals surface area contributed by atoms with E-state index in [1.165, 1.54) is 11.1 Å². The van der Waals surface area contributed by atoms with Gasteiger partial charge in [0.15, 0.2) is 0 Å². The molecule has 1 unspecified atom stereocenters. The lowest BCUT2D eigenvalue weighted by Crippen LogP contribution is -2.39. The summed E-state index contributed by atoms with van der Waals surface area (Å²) in [4.78, 5) is 23.8. The highest BCUT2D eigenvalue weighted by molar-refractivity contribution is 5.77. The van der Waals surface area contributed by atoms with Crippen LogP contribution >= 0.6 is 0 Å². The number of hydrogen-bond donors (Lipinski definition) is 1. The van der Waals surface area contributed by atoms with E-state index >= 15 is 0 Å². The number of aryl methyl sites for hydroxylation is 1. The van der Waals surface area contributed by atoms with Gasteiger partial charge in [-0.3, -0.25) is 4.79 Å².